The van der Waals surface area contributed by atoms with Gasteiger partial charge < -0.3 is 19.8 Å². The molecule has 9 heteroatoms. The molecule has 0 saturated heterocycles. The molecule has 0 saturated carbocycles. The van der Waals surface area contributed by atoms with Crippen molar-refractivity contribution in [1.82, 2.24) is 0 Å². The van der Waals surface area contributed by atoms with Crippen LogP contribution in [0.1, 0.15) is 12.8 Å². The first-order valence-corrected chi connectivity index (χ1v) is 9.81. The van der Waals surface area contributed by atoms with Gasteiger partial charge in [0, 0.05) is 0 Å². The molecular weight excluding hydrogens is 391 g/mol. The van der Waals surface area contributed by atoms with E-state index in [9.17, 15) is 29.4 Å². The van der Waals surface area contributed by atoms with Crippen molar-refractivity contribution in [3.05, 3.63) is 12.2 Å². The predicted molar refractivity (Wildman–Crippen MR) is 67.8 cm³/mol. The molecule has 21 heavy (non-hydrogen) atoms. The zero-order valence-electron chi connectivity index (χ0n) is 11.7. The molecule has 0 amide bonds. The third kappa shape index (κ3) is 20.9. The maximum absolute atomic E-state index is 10.7. The van der Waals surface area contributed by atoms with E-state index < -0.39 is 33.1 Å². The minimum atomic E-state index is -1.55. The summed E-state index contributed by atoms with van der Waals surface area (Å²) >= 11 is -0.551. The van der Waals surface area contributed by atoms with Gasteiger partial charge in [0.05, 0.1) is 11.9 Å². The Morgan fingerprint density at radius 3 is 1.43 bits per heavy atom. The number of hydrogen-bond acceptors (Lipinski definition) is 8. The van der Waals surface area contributed by atoms with Gasteiger partial charge in [0.2, 0.25) is 0 Å². The van der Waals surface area contributed by atoms with Gasteiger partial charge >= 0.3 is 88.1 Å². The summed E-state index contributed by atoms with van der Waals surface area (Å²) in [6, 6.07) is 0. The average molecular weight is 407 g/mol. The van der Waals surface area contributed by atoms with Crippen molar-refractivity contribution in [2.45, 2.75) is 21.7 Å². The van der Waals surface area contributed by atoms with Crippen LogP contribution in [0.2, 0.25) is 8.87 Å². The second-order valence-electron chi connectivity index (χ2n) is 3.37. The maximum atomic E-state index is 10.7. The summed E-state index contributed by atoms with van der Waals surface area (Å²) < 4.78 is 10.9. The molecule has 0 heterocycles. The van der Waals surface area contributed by atoms with Gasteiger partial charge in [0.1, 0.15) is 0 Å². The van der Waals surface area contributed by atoms with E-state index in [1.54, 1.807) is 0 Å². The molecule has 0 unspecified atom stereocenters. The van der Waals surface area contributed by atoms with Crippen LogP contribution >= 0.6 is 0 Å². The van der Waals surface area contributed by atoms with Crippen molar-refractivity contribution < 1.29 is 38.9 Å². The molecule has 8 nitrogen and oxygen atoms in total. The molecule has 116 valence electrons. The summed E-state index contributed by atoms with van der Waals surface area (Å²) in [6.45, 7) is 0. The van der Waals surface area contributed by atoms with Gasteiger partial charge in [-0.05, 0) is 12.2 Å². The van der Waals surface area contributed by atoms with E-state index in [0.717, 1.165) is 8.87 Å². The van der Waals surface area contributed by atoms with Crippen molar-refractivity contribution in [3.8, 4) is 0 Å². The Hall–Kier alpha value is -1.58. The molecule has 0 aliphatic carbocycles. The SMILES string of the molecule is COC(=O)C[CH2][Sn+2][CH2]CC(=O)OC.O=C([O-])C=CC(=O)[O-]. The van der Waals surface area contributed by atoms with E-state index in [4.69, 9.17) is 0 Å². The minimum absolute atomic E-state index is 0.154. The fraction of sp³-hybridized carbons (Fsp3) is 0.500. The van der Waals surface area contributed by atoms with Crippen LogP contribution in [0.15, 0.2) is 12.2 Å². The van der Waals surface area contributed by atoms with Crippen LogP contribution in [0.3, 0.4) is 0 Å². The smallest absolute Gasteiger partial charge is 0.0643 e. The summed E-state index contributed by atoms with van der Waals surface area (Å²) in [5.74, 6) is -3.40. The van der Waals surface area contributed by atoms with Crippen LogP contribution in [0.5, 0.6) is 0 Å². The number of rotatable bonds is 8. The quantitative estimate of drug-likeness (QED) is 0.190. The normalized spacial score (nSPS) is 9.05. The summed E-state index contributed by atoms with van der Waals surface area (Å²) in [5, 5.41) is 18.8. The van der Waals surface area contributed by atoms with Crippen molar-refractivity contribution in [2.24, 2.45) is 0 Å². The van der Waals surface area contributed by atoms with E-state index >= 15 is 0 Å². The fourth-order valence-corrected chi connectivity index (χ4v) is 3.73. The zero-order valence-corrected chi connectivity index (χ0v) is 14.6. The Morgan fingerprint density at radius 2 is 1.19 bits per heavy atom. The van der Waals surface area contributed by atoms with E-state index in [1.807, 2.05) is 0 Å². The monoisotopic (exact) mass is 408 g/mol. The van der Waals surface area contributed by atoms with E-state index in [-0.39, 0.29) is 11.9 Å². The molecule has 0 spiro atoms. The number of carbonyl (C=O) groups is 4. The Morgan fingerprint density at radius 1 is 0.857 bits per heavy atom. The zero-order chi connectivity index (χ0) is 16.7. The molecule has 0 aliphatic rings. The maximum Gasteiger partial charge on any atom is 0.0643 e. The van der Waals surface area contributed by atoms with Crippen LogP contribution in [0, 0.1) is 0 Å². The Balaban J connectivity index is 0. The molecule has 0 fully saturated rings. The number of carboxylic acid groups (broad SMARTS) is 2. The van der Waals surface area contributed by atoms with Crippen LogP contribution in [0.4, 0.5) is 0 Å². The first-order valence-electron chi connectivity index (χ1n) is 5.77. The van der Waals surface area contributed by atoms with Gasteiger partial charge in [-0.3, -0.25) is 0 Å². The molecular formula is C12H16O8Sn. The molecule has 0 N–H and O–H groups in total. The fourth-order valence-electron chi connectivity index (χ4n) is 0.846. The predicted octanol–water partition coefficient (Wildman–Crippen LogP) is -2.30. The van der Waals surface area contributed by atoms with Gasteiger partial charge in [-0.1, -0.05) is 0 Å². The molecule has 0 aromatic rings. The second-order valence-corrected chi connectivity index (χ2v) is 7.65. The van der Waals surface area contributed by atoms with Gasteiger partial charge in [0.15, 0.2) is 0 Å². The number of carboxylic acids is 2. The summed E-state index contributed by atoms with van der Waals surface area (Å²) in [7, 11) is 2.78. The standard InChI is InChI=1S/C4H4O4.2C4H7O2.Sn/c5-3(6)1-2-4(7)8;2*1-3-4(5)6-2;/h1-2H,(H,5,6)(H,7,8);2*1,3H2,2H3;/q;;;+2/p-2. The third-order valence-electron chi connectivity index (χ3n) is 1.82. The van der Waals surface area contributed by atoms with E-state index in [1.165, 1.54) is 14.2 Å². The van der Waals surface area contributed by atoms with Gasteiger partial charge in [-0.2, -0.15) is 0 Å². The largest absolute Gasteiger partial charge is 0.545 e. The summed E-state index contributed by atoms with van der Waals surface area (Å²) in [6.07, 6.45) is 1.78. The number of esters is 2. The number of ether oxygens (including phenoxy) is 2. The van der Waals surface area contributed by atoms with Gasteiger partial charge in [-0.15, -0.1) is 0 Å². The van der Waals surface area contributed by atoms with Crippen LogP contribution in [0.25, 0.3) is 0 Å². The van der Waals surface area contributed by atoms with Crippen LogP contribution in [-0.2, 0) is 28.7 Å². The van der Waals surface area contributed by atoms with Crippen LogP contribution in [-0.4, -0.2) is 59.2 Å². The molecule has 0 aliphatic heterocycles. The Bertz CT molecular complexity index is 343. The first-order chi connectivity index (χ1) is 9.83. The van der Waals surface area contributed by atoms with Crippen molar-refractivity contribution in [2.75, 3.05) is 14.2 Å². The minimum Gasteiger partial charge on any atom is -0.545 e. The number of methoxy groups -OCH3 is 2. The molecule has 0 atom stereocenters. The van der Waals surface area contributed by atoms with Crippen molar-refractivity contribution in [3.63, 3.8) is 0 Å². The molecule has 0 bridgehead atoms. The molecule has 0 aromatic carbocycles. The van der Waals surface area contributed by atoms with E-state index in [0.29, 0.717) is 25.0 Å². The average Bonchev–Trinajstić information content (AvgIpc) is 2.44. The molecule has 0 aromatic heterocycles. The summed E-state index contributed by atoms with van der Waals surface area (Å²) in [5.41, 5.74) is 0. The first kappa shape index (κ1) is 21.7. The van der Waals surface area contributed by atoms with Gasteiger partial charge in [0.25, 0.3) is 0 Å². The molecule has 0 radical (unpaired) electrons. The van der Waals surface area contributed by atoms with Crippen molar-refractivity contribution in [1.29, 1.82) is 0 Å². The third-order valence-corrected chi connectivity index (χ3v) is 5.27. The summed E-state index contributed by atoms with van der Waals surface area (Å²) in [4.78, 5) is 40.2. The Kier molecular flexibility index (Phi) is 15.3. The number of aliphatic carboxylic acids is 2. The topological polar surface area (TPSA) is 133 Å². The van der Waals surface area contributed by atoms with Crippen molar-refractivity contribution >= 4 is 45.0 Å². The second kappa shape index (κ2) is 14.8. The van der Waals surface area contributed by atoms with Gasteiger partial charge in [-0.25, -0.2) is 0 Å². The number of carbonyl (C=O) groups excluding carboxylic acids is 4. The Labute approximate surface area is 132 Å². The van der Waals surface area contributed by atoms with Crippen LogP contribution < -0.4 is 10.2 Å². The molecule has 0 rings (SSSR count). The number of hydrogen-bond donors (Lipinski definition) is 0. The van der Waals surface area contributed by atoms with E-state index in [2.05, 4.69) is 9.47 Å².